The molecule has 2 heterocycles. The van der Waals surface area contributed by atoms with Crippen LogP contribution < -0.4 is 10.7 Å². The molecule has 4 N–H and O–H groups in total. The first-order valence-corrected chi connectivity index (χ1v) is 14.1. The van der Waals surface area contributed by atoms with Crippen molar-refractivity contribution in [3.8, 4) is 0 Å². The van der Waals surface area contributed by atoms with E-state index in [1.165, 1.54) is 0 Å². The van der Waals surface area contributed by atoms with E-state index in [4.69, 9.17) is 4.74 Å². The van der Waals surface area contributed by atoms with E-state index in [1.54, 1.807) is 0 Å². The standard InChI is InChI=1S/C22H33N3O4Si/c1-30(2)13-10-17-18(8-11-26)24-25-19(9-12-27)21(17)20(15-30)29-22(28)23-14-16-6-4-3-5-7-16/h3-7,17,20,25-27H,8-15H2,1-2H3,(H,23,28)/t17-,20+/m0/s1. The van der Waals surface area contributed by atoms with Crippen LogP contribution in [0.1, 0.15) is 24.8 Å². The van der Waals surface area contributed by atoms with Crippen molar-refractivity contribution in [1.82, 2.24) is 10.7 Å². The Balaban J connectivity index is 1.82. The van der Waals surface area contributed by atoms with Gasteiger partial charge in [-0.1, -0.05) is 49.5 Å². The van der Waals surface area contributed by atoms with Crippen LogP contribution in [0.5, 0.6) is 0 Å². The van der Waals surface area contributed by atoms with Crippen LogP contribution in [0, 0.1) is 5.92 Å². The summed E-state index contributed by atoms with van der Waals surface area (Å²) >= 11 is 0. The van der Waals surface area contributed by atoms with Crippen LogP contribution in [0.25, 0.3) is 0 Å². The fourth-order valence-corrected chi connectivity index (χ4v) is 6.95. The first-order valence-electron chi connectivity index (χ1n) is 10.7. The summed E-state index contributed by atoms with van der Waals surface area (Å²) in [7, 11) is -1.60. The molecule has 8 heteroatoms. The van der Waals surface area contributed by atoms with E-state index >= 15 is 0 Å². The molecule has 164 valence electrons. The zero-order chi connectivity index (χ0) is 21.6. The van der Waals surface area contributed by atoms with Crippen molar-refractivity contribution in [2.24, 2.45) is 11.0 Å². The van der Waals surface area contributed by atoms with E-state index in [-0.39, 0.29) is 25.2 Å². The molecule has 1 aromatic rings. The molecular formula is C22H33N3O4Si. The van der Waals surface area contributed by atoms with Gasteiger partial charge in [0, 0.05) is 49.9 Å². The number of amides is 1. The summed E-state index contributed by atoms with van der Waals surface area (Å²) in [6, 6.07) is 11.7. The van der Waals surface area contributed by atoms with Gasteiger partial charge >= 0.3 is 6.09 Å². The maximum absolute atomic E-state index is 12.7. The molecule has 0 aromatic heterocycles. The first kappa shape index (κ1) is 22.5. The number of benzene rings is 1. The second-order valence-electron chi connectivity index (χ2n) is 8.79. The second-order valence-corrected chi connectivity index (χ2v) is 14.0. The van der Waals surface area contributed by atoms with E-state index in [0.717, 1.165) is 41.1 Å². The number of nitrogens with zero attached hydrogens (tertiary/aromatic N) is 1. The van der Waals surface area contributed by atoms with E-state index in [1.807, 2.05) is 30.3 Å². The minimum atomic E-state index is -1.60. The Hall–Kier alpha value is -2.16. The van der Waals surface area contributed by atoms with Crippen molar-refractivity contribution >= 4 is 19.9 Å². The molecule has 2 atom stereocenters. The molecule has 30 heavy (non-hydrogen) atoms. The van der Waals surface area contributed by atoms with Gasteiger partial charge in [0.2, 0.25) is 0 Å². The van der Waals surface area contributed by atoms with Crippen molar-refractivity contribution in [1.29, 1.82) is 0 Å². The summed E-state index contributed by atoms with van der Waals surface area (Å²) in [5, 5.41) is 26.4. The van der Waals surface area contributed by atoms with Crippen molar-refractivity contribution in [3.05, 3.63) is 47.2 Å². The number of nitrogens with one attached hydrogen (secondary N) is 2. The summed E-state index contributed by atoms with van der Waals surface area (Å²) in [5.74, 6) is 0.0427. The lowest BCUT2D eigenvalue weighted by Gasteiger charge is -2.32. The molecule has 7 nitrogen and oxygen atoms in total. The zero-order valence-electron chi connectivity index (χ0n) is 17.9. The lowest BCUT2D eigenvalue weighted by atomic mass is 9.84. The summed E-state index contributed by atoms with van der Waals surface area (Å²) in [6.07, 6.45) is 1.08. The predicted molar refractivity (Wildman–Crippen MR) is 120 cm³/mol. The average molecular weight is 432 g/mol. The van der Waals surface area contributed by atoms with Gasteiger partial charge in [-0.2, -0.15) is 5.10 Å². The van der Waals surface area contributed by atoms with E-state index < -0.39 is 14.2 Å². The Morgan fingerprint density at radius 2 is 1.97 bits per heavy atom. The minimum absolute atomic E-state index is 0.00283. The molecule has 1 aromatic carbocycles. The van der Waals surface area contributed by atoms with Gasteiger partial charge in [0.15, 0.2) is 0 Å². The van der Waals surface area contributed by atoms with Gasteiger partial charge in [0.25, 0.3) is 0 Å². The Kier molecular flexibility index (Phi) is 7.68. The van der Waals surface area contributed by atoms with E-state index in [0.29, 0.717) is 19.4 Å². The lowest BCUT2D eigenvalue weighted by molar-refractivity contribution is 0.117. The number of rotatable bonds is 7. The Morgan fingerprint density at radius 1 is 1.23 bits per heavy atom. The highest BCUT2D eigenvalue weighted by Gasteiger charge is 2.41. The van der Waals surface area contributed by atoms with Crippen LogP contribution in [0.3, 0.4) is 0 Å². The Morgan fingerprint density at radius 3 is 2.67 bits per heavy atom. The molecule has 1 saturated heterocycles. The number of hydrazone groups is 1. The molecule has 3 rings (SSSR count). The number of hydrogen-bond acceptors (Lipinski definition) is 6. The number of aliphatic hydroxyl groups is 2. The molecule has 1 fully saturated rings. The number of carbonyl (C=O) groups is 1. The smallest absolute Gasteiger partial charge is 0.407 e. The number of fused-ring (bicyclic) bond motifs is 1. The van der Waals surface area contributed by atoms with Crippen molar-refractivity contribution in [2.75, 3.05) is 13.2 Å². The number of carbonyl (C=O) groups excluding carboxylic acids is 1. The van der Waals surface area contributed by atoms with Gasteiger partial charge in [-0.15, -0.1) is 0 Å². The molecule has 0 aliphatic carbocycles. The SMILES string of the molecule is C[Si]1(C)CC[C@H]2C(CCO)=NNC(CCO)=C2[C@H](OC(=O)NCc2ccccc2)C1. The highest BCUT2D eigenvalue weighted by atomic mass is 28.3. The predicted octanol–water partition coefficient (Wildman–Crippen LogP) is 2.99. The second kappa shape index (κ2) is 10.2. The third-order valence-electron chi connectivity index (χ3n) is 5.91. The summed E-state index contributed by atoms with van der Waals surface area (Å²) in [5.41, 5.74) is 6.85. The summed E-state index contributed by atoms with van der Waals surface area (Å²) in [6.45, 7) is 5.09. The van der Waals surface area contributed by atoms with Crippen LogP contribution in [-0.2, 0) is 11.3 Å². The van der Waals surface area contributed by atoms with Gasteiger partial charge in [-0.05, 0) is 23.6 Å². The molecule has 2 aliphatic heterocycles. The van der Waals surface area contributed by atoms with E-state index in [2.05, 4.69) is 28.9 Å². The minimum Gasteiger partial charge on any atom is -0.442 e. The topological polar surface area (TPSA) is 103 Å². The zero-order valence-corrected chi connectivity index (χ0v) is 18.9. The van der Waals surface area contributed by atoms with Crippen molar-refractivity contribution in [3.63, 3.8) is 0 Å². The van der Waals surface area contributed by atoms with Crippen LogP contribution in [0.15, 0.2) is 46.7 Å². The molecular weight excluding hydrogens is 398 g/mol. The summed E-state index contributed by atoms with van der Waals surface area (Å²) in [4.78, 5) is 12.7. The fraction of sp³-hybridized carbons (Fsp3) is 0.545. The largest absolute Gasteiger partial charge is 0.442 e. The van der Waals surface area contributed by atoms with E-state index in [9.17, 15) is 15.0 Å². The molecule has 0 radical (unpaired) electrons. The monoisotopic (exact) mass is 431 g/mol. The maximum atomic E-state index is 12.7. The fourth-order valence-electron chi connectivity index (χ4n) is 4.36. The molecule has 0 saturated carbocycles. The van der Waals surface area contributed by atoms with Crippen LogP contribution in [-0.4, -0.2) is 49.4 Å². The number of hydrogen-bond donors (Lipinski definition) is 4. The van der Waals surface area contributed by atoms with Crippen LogP contribution >= 0.6 is 0 Å². The highest BCUT2D eigenvalue weighted by Crippen LogP contribution is 2.40. The number of alkyl carbamates (subject to hydrolysis) is 1. The van der Waals surface area contributed by atoms with Gasteiger partial charge in [0.05, 0.1) is 8.07 Å². The average Bonchev–Trinajstić information content (AvgIpc) is 2.85. The third-order valence-corrected chi connectivity index (χ3v) is 9.03. The quantitative estimate of drug-likeness (QED) is 0.497. The highest BCUT2D eigenvalue weighted by molar-refractivity contribution is 6.77. The van der Waals surface area contributed by atoms with Gasteiger partial charge in [-0.25, -0.2) is 4.79 Å². The normalized spacial score (nSPS) is 23.0. The molecule has 0 unspecified atom stereocenters. The Labute approximate surface area is 179 Å². The van der Waals surface area contributed by atoms with Gasteiger partial charge < -0.3 is 20.3 Å². The molecule has 0 bridgehead atoms. The van der Waals surface area contributed by atoms with Crippen molar-refractivity contribution in [2.45, 2.75) is 57.1 Å². The molecule has 0 spiro atoms. The number of ether oxygens (including phenoxy) is 1. The third kappa shape index (κ3) is 5.71. The van der Waals surface area contributed by atoms with Crippen molar-refractivity contribution < 1.29 is 19.7 Å². The lowest BCUT2D eigenvalue weighted by Crippen LogP contribution is -2.39. The first-order chi connectivity index (χ1) is 14.4. The van der Waals surface area contributed by atoms with Crippen LogP contribution in [0.4, 0.5) is 4.79 Å². The Bertz CT molecular complexity index is 795. The number of aliphatic hydroxyl groups excluding tert-OH is 2. The van der Waals surface area contributed by atoms with Gasteiger partial charge in [0.1, 0.15) is 6.10 Å². The summed E-state index contributed by atoms with van der Waals surface area (Å²) < 4.78 is 5.99. The van der Waals surface area contributed by atoms with Crippen LogP contribution in [0.2, 0.25) is 25.2 Å². The molecule has 1 amide bonds. The van der Waals surface area contributed by atoms with Gasteiger partial charge in [-0.3, -0.25) is 5.43 Å². The molecule has 2 aliphatic rings. The maximum Gasteiger partial charge on any atom is 0.407 e.